The fourth-order valence-corrected chi connectivity index (χ4v) is 4.06. The Morgan fingerprint density at radius 1 is 1.33 bits per heavy atom. The number of hydrogen-bond acceptors (Lipinski definition) is 2. The molecule has 0 aromatic heterocycles. The van der Waals surface area contributed by atoms with Gasteiger partial charge in [-0.2, -0.15) is 0 Å². The first-order valence-corrected chi connectivity index (χ1v) is 7.04. The zero-order chi connectivity index (χ0) is 12.8. The van der Waals surface area contributed by atoms with E-state index in [2.05, 4.69) is 55.2 Å². The number of nitrogens with zero attached hydrogens (tertiary/aromatic N) is 2. The summed E-state index contributed by atoms with van der Waals surface area (Å²) in [6.45, 7) is 2.43. The summed E-state index contributed by atoms with van der Waals surface area (Å²) in [6, 6.07) is 9.87. The fraction of sp³-hybridized carbons (Fsp3) is 0.625. The van der Waals surface area contributed by atoms with Crippen LogP contribution in [0.2, 0.25) is 0 Å². The molecule has 0 spiro atoms. The number of likely N-dealkylation sites (tertiary alicyclic amines) is 1. The Morgan fingerprint density at radius 2 is 2.11 bits per heavy atom. The molecule has 2 bridgehead atoms. The molecule has 1 saturated heterocycles. The summed E-state index contributed by atoms with van der Waals surface area (Å²) in [4.78, 5) is 4.92. The van der Waals surface area contributed by atoms with Crippen LogP contribution in [0.3, 0.4) is 0 Å². The topological polar surface area (TPSA) is 6.48 Å². The molecular weight excluding hydrogens is 220 g/mol. The van der Waals surface area contributed by atoms with Crippen LogP contribution in [0, 0.1) is 0 Å². The first-order valence-electron chi connectivity index (χ1n) is 7.04. The van der Waals surface area contributed by atoms with Gasteiger partial charge in [0.2, 0.25) is 0 Å². The average molecular weight is 244 g/mol. The van der Waals surface area contributed by atoms with Crippen LogP contribution in [0.1, 0.15) is 24.0 Å². The van der Waals surface area contributed by atoms with Gasteiger partial charge in [-0.1, -0.05) is 24.3 Å². The van der Waals surface area contributed by atoms with Crippen LogP contribution in [0.4, 0.5) is 0 Å². The zero-order valence-corrected chi connectivity index (χ0v) is 11.8. The summed E-state index contributed by atoms with van der Waals surface area (Å²) in [7, 11) is 6.71. The lowest BCUT2D eigenvalue weighted by atomic mass is 9.63. The maximum absolute atomic E-state index is 2.56. The monoisotopic (exact) mass is 244 g/mol. The molecule has 2 nitrogen and oxygen atoms in total. The Balaban J connectivity index is 2.05. The third-order valence-electron chi connectivity index (χ3n) is 4.86. The van der Waals surface area contributed by atoms with Crippen molar-refractivity contribution in [1.82, 2.24) is 9.80 Å². The number of likely N-dealkylation sites (N-methyl/N-ethyl adjacent to an activating group) is 2. The third kappa shape index (κ3) is 1.88. The molecule has 0 radical (unpaired) electrons. The molecular formula is C16H24N2. The number of rotatable bonds is 2. The van der Waals surface area contributed by atoms with E-state index in [0.717, 1.165) is 6.04 Å². The first-order chi connectivity index (χ1) is 8.61. The Labute approximate surface area is 111 Å². The van der Waals surface area contributed by atoms with Gasteiger partial charge in [0.05, 0.1) is 0 Å². The summed E-state index contributed by atoms with van der Waals surface area (Å²) < 4.78 is 0. The average Bonchev–Trinajstić information content (AvgIpc) is 2.34. The molecule has 0 amide bonds. The number of benzene rings is 1. The Kier molecular flexibility index (Phi) is 2.95. The lowest BCUT2D eigenvalue weighted by Gasteiger charge is -2.51. The molecule has 1 aliphatic carbocycles. The fourth-order valence-electron chi connectivity index (χ4n) is 4.06. The molecule has 0 saturated carbocycles. The van der Waals surface area contributed by atoms with Crippen LogP contribution in [0.15, 0.2) is 24.3 Å². The van der Waals surface area contributed by atoms with Crippen molar-refractivity contribution >= 4 is 0 Å². The summed E-state index contributed by atoms with van der Waals surface area (Å²) in [5, 5.41) is 0. The van der Waals surface area contributed by atoms with Gasteiger partial charge < -0.3 is 9.80 Å². The second-order valence-electron chi connectivity index (χ2n) is 6.47. The highest BCUT2D eigenvalue weighted by Gasteiger charge is 2.44. The van der Waals surface area contributed by atoms with Crippen molar-refractivity contribution in [2.24, 2.45) is 0 Å². The molecule has 1 aromatic carbocycles. The Bertz CT molecular complexity index is 440. The van der Waals surface area contributed by atoms with Crippen molar-refractivity contribution in [2.75, 3.05) is 34.2 Å². The summed E-state index contributed by atoms with van der Waals surface area (Å²) in [5.41, 5.74) is 3.61. The van der Waals surface area contributed by atoms with E-state index in [1.54, 1.807) is 11.1 Å². The minimum absolute atomic E-state index is 0.398. The number of piperidine rings is 1. The van der Waals surface area contributed by atoms with Crippen LogP contribution in [0.25, 0.3) is 0 Å². The van der Waals surface area contributed by atoms with Crippen molar-refractivity contribution in [3.8, 4) is 0 Å². The van der Waals surface area contributed by atoms with Gasteiger partial charge in [-0.15, -0.1) is 0 Å². The van der Waals surface area contributed by atoms with E-state index in [1.807, 2.05) is 0 Å². The van der Waals surface area contributed by atoms with E-state index in [4.69, 9.17) is 0 Å². The van der Waals surface area contributed by atoms with E-state index in [1.165, 1.54) is 32.4 Å². The Morgan fingerprint density at radius 3 is 2.89 bits per heavy atom. The molecule has 2 atom stereocenters. The molecule has 1 fully saturated rings. The van der Waals surface area contributed by atoms with Crippen molar-refractivity contribution in [3.05, 3.63) is 35.4 Å². The molecule has 1 heterocycles. The quantitative estimate of drug-likeness (QED) is 0.786. The van der Waals surface area contributed by atoms with Crippen LogP contribution < -0.4 is 0 Å². The van der Waals surface area contributed by atoms with Crippen molar-refractivity contribution < 1.29 is 0 Å². The second-order valence-corrected chi connectivity index (χ2v) is 6.47. The number of fused-ring (bicyclic) bond motifs is 4. The van der Waals surface area contributed by atoms with Crippen LogP contribution in [0.5, 0.6) is 0 Å². The lowest BCUT2D eigenvalue weighted by molar-refractivity contribution is 0.0855. The van der Waals surface area contributed by atoms with Gasteiger partial charge in [0.15, 0.2) is 0 Å². The largest absolute Gasteiger partial charge is 0.309 e. The summed E-state index contributed by atoms with van der Waals surface area (Å²) >= 11 is 0. The van der Waals surface area contributed by atoms with E-state index in [0.29, 0.717) is 5.41 Å². The second kappa shape index (κ2) is 4.36. The molecule has 2 heteroatoms. The van der Waals surface area contributed by atoms with Crippen molar-refractivity contribution in [1.29, 1.82) is 0 Å². The number of hydrogen-bond donors (Lipinski definition) is 0. The van der Waals surface area contributed by atoms with Crippen molar-refractivity contribution in [3.63, 3.8) is 0 Å². The zero-order valence-electron chi connectivity index (χ0n) is 11.8. The van der Waals surface area contributed by atoms with Gasteiger partial charge in [-0.25, -0.2) is 0 Å². The van der Waals surface area contributed by atoms with Gasteiger partial charge in [-0.05, 0) is 58.1 Å². The molecule has 18 heavy (non-hydrogen) atoms. The maximum Gasteiger partial charge on any atom is 0.0142 e. The highest BCUT2D eigenvalue weighted by atomic mass is 15.2. The smallest absolute Gasteiger partial charge is 0.0142 e. The molecule has 98 valence electrons. The summed E-state index contributed by atoms with van der Waals surface area (Å²) in [6.07, 6.45) is 3.87. The van der Waals surface area contributed by atoms with Gasteiger partial charge in [0, 0.05) is 18.0 Å². The molecule has 0 N–H and O–H groups in total. The minimum atomic E-state index is 0.398. The van der Waals surface area contributed by atoms with Crippen LogP contribution in [-0.4, -0.2) is 50.1 Å². The molecule has 0 unspecified atom stereocenters. The highest BCUT2D eigenvalue weighted by molar-refractivity contribution is 5.39. The minimum Gasteiger partial charge on any atom is -0.309 e. The molecule has 2 aliphatic rings. The van der Waals surface area contributed by atoms with E-state index >= 15 is 0 Å². The predicted octanol–water partition coefficient (Wildman–Crippen LogP) is 2.14. The van der Waals surface area contributed by atoms with Gasteiger partial charge in [0.25, 0.3) is 0 Å². The third-order valence-corrected chi connectivity index (χ3v) is 4.86. The molecule has 3 rings (SSSR count). The van der Waals surface area contributed by atoms with E-state index in [-0.39, 0.29) is 0 Å². The predicted molar refractivity (Wildman–Crippen MR) is 76.0 cm³/mol. The standard InChI is InChI=1S/C16H24N2/c1-17(2)12-16-8-9-18(3)14(11-16)10-13-6-4-5-7-15(13)16/h4-7,14H,8-12H2,1-3H3/t14-,16-/m0/s1. The van der Waals surface area contributed by atoms with Crippen LogP contribution >= 0.6 is 0 Å². The molecule has 1 aromatic rings. The van der Waals surface area contributed by atoms with Crippen molar-refractivity contribution in [2.45, 2.75) is 30.7 Å². The first kappa shape index (κ1) is 12.2. The van der Waals surface area contributed by atoms with Gasteiger partial charge in [-0.3, -0.25) is 0 Å². The normalized spacial score (nSPS) is 31.4. The Hall–Kier alpha value is -0.860. The van der Waals surface area contributed by atoms with Gasteiger partial charge >= 0.3 is 0 Å². The maximum atomic E-state index is 2.56. The lowest BCUT2D eigenvalue weighted by Crippen LogP contribution is -2.55. The molecule has 1 aliphatic heterocycles. The highest BCUT2D eigenvalue weighted by Crippen LogP contribution is 2.44. The van der Waals surface area contributed by atoms with E-state index < -0.39 is 0 Å². The van der Waals surface area contributed by atoms with E-state index in [9.17, 15) is 0 Å². The van der Waals surface area contributed by atoms with Crippen LogP contribution in [-0.2, 0) is 11.8 Å². The SMILES string of the molecule is CN(C)C[C@@]12CCN(C)[C@@H](Cc3ccccc31)C2. The summed E-state index contributed by atoms with van der Waals surface area (Å²) in [5.74, 6) is 0. The van der Waals surface area contributed by atoms with Gasteiger partial charge in [0.1, 0.15) is 0 Å².